The maximum absolute atomic E-state index is 13.7. The van der Waals surface area contributed by atoms with E-state index in [9.17, 15) is 14.0 Å². The van der Waals surface area contributed by atoms with Crippen molar-refractivity contribution in [2.75, 3.05) is 18.4 Å². The van der Waals surface area contributed by atoms with Crippen molar-refractivity contribution in [2.45, 2.75) is 5.41 Å². The fraction of sp³-hybridized carbons (Fsp3) is 0.176. The van der Waals surface area contributed by atoms with Crippen molar-refractivity contribution in [1.29, 1.82) is 0 Å². The molecule has 0 aromatic heterocycles. The van der Waals surface area contributed by atoms with Crippen LogP contribution in [-0.4, -0.2) is 29.8 Å². The molecule has 4 nitrogen and oxygen atoms in total. The van der Waals surface area contributed by atoms with E-state index in [4.69, 9.17) is 0 Å². The van der Waals surface area contributed by atoms with Gasteiger partial charge in [-0.25, -0.2) is 4.39 Å². The summed E-state index contributed by atoms with van der Waals surface area (Å²) in [6.07, 6.45) is 0. The highest BCUT2D eigenvalue weighted by Crippen LogP contribution is 2.44. The molecule has 1 N–H and O–H groups in total. The number of likely N-dealkylation sites (tertiary alicyclic amines) is 1. The zero-order valence-corrected chi connectivity index (χ0v) is 11.7. The van der Waals surface area contributed by atoms with Gasteiger partial charge in [-0.15, -0.1) is 0 Å². The average molecular weight is 296 g/mol. The second kappa shape index (κ2) is 4.40. The van der Waals surface area contributed by atoms with Crippen LogP contribution in [0.3, 0.4) is 0 Å². The van der Waals surface area contributed by atoms with E-state index < -0.39 is 11.2 Å². The van der Waals surface area contributed by atoms with E-state index in [0.717, 1.165) is 11.3 Å². The molecule has 2 aromatic carbocycles. The van der Waals surface area contributed by atoms with E-state index in [1.807, 2.05) is 24.3 Å². The lowest BCUT2D eigenvalue weighted by Gasteiger charge is -2.46. The van der Waals surface area contributed by atoms with Gasteiger partial charge in [-0.2, -0.15) is 0 Å². The first-order valence-corrected chi connectivity index (χ1v) is 7.07. The minimum absolute atomic E-state index is 0.0454. The number of amides is 2. The number of para-hydroxylation sites is 1. The molecule has 0 saturated carbocycles. The second-order valence-electron chi connectivity index (χ2n) is 5.72. The van der Waals surface area contributed by atoms with Crippen LogP contribution in [0.15, 0.2) is 48.5 Å². The van der Waals surface area contributed by atoms with E-state index in [1.54, 1.807) is 12.1 Å². The molecule has 0 aliphatic carbocycles. The Hall–Kier alpha value is -2.69. The van der Waals surface area contributed by atoms with Gasteiger partial charge in [0.2, 0.25) is 5.91 Å². The Morgan fingerprint density at radius 2 is 1.77 bits per heavy atom. The molecular formula is C17H13FN2O2. The van der Waals surface area contributed by atoms with Crippen LogP contribution in [0, 0.1) is 5.82 Å². The highest BCUT2D eigenvalue weighted by atomic mass is 19.1. The van der Waals surface area contributed by atoms with Crippen LogP contribution >= 0.6 is 0 Å². The van der Waals surface area contributed by atoms with Gasteiger partial charge in [-0.3, -0.25) is 9.59 Å². The van der Waals surface area contributed by atoms with E-state index >= 15 is 0 Å². The lowest BCUT2D eigenvalue weighted by Crippen LogP contribution is -2.64. The lowest BCUT2D eigenvalue weighted by molar-refractivity contribution is -0.125. The third-order valence-electron chi connectivity index (χ3n) is 4.44. The monoisotopic (exact) mass is 296 g/mol. The van der Waals surface area contributed by atoms with Gasteiger partial charge in [0.05, 0.1) is 5.56 Å². The minimum Gasteiger partial charge on any atom is -0.336 e. The molecule has 0 bridgehead atoms. The number of carbonyl (C=O) groups is 2. The van der Waals surface area contributed by atoms with Crippen molar-refractivity contribution in [1.82, 2.24) is 4.90 Å². The van der Waals surface area contributed by atoms with Crippen LogP contribution in [0.1, 0.15) is 15.9 Å². The van der Waals surface area contributed by atoms with Crippen LogP contribution in [0.5, 0.6) is 0 Å². The molecule has 22 heavy (non-hydrogen) atoms. The molecule has 5 heteroatoms. The summed E-state index contributed by atoms with van der Waals surface area (Å²) in [5.41, 5.74) is 1.07. The Morgan fingerprint density at radius 1 is 1.09 bits per heavy atom. The van der Waals surface area contributed by atoms with E-state index in [2.05, 4.69) is 5.32 Å². The standard InChI is InChI=1S/C17H13FN2O2/c18-13-7-3-1-5-11(13)15(21)20-9-17(10-20)12-6-2-4-8-14(12)19-16(17)22/h1-8H,9-10H2,(H,19,22). The third-order valence-corrected chi connectivity index (χ3v) is 4.44. The molecular weight excluding hydrogens is 283 g/mol. The maximum Gasteiger partial charge on any atom is 0.256 e. The molecule has 4 rings (SSSR count). The first-order valence-electron chi connectivity index (χ1n) is 7.07. The minimum atomic E-state index is -0.683. The fourth-order valence-corrected chi connectivity index (χ4v) is 3.24. The molecule has 2 aliphatic heterocycles. The van der Waals surface area contributed by atoms with Gasteiger partial charge in [-0.05, 0) is 23.8 Å². The average Bonchev–Trinajstić information content (AvgIpc) is 2.77. The Labute approximate surface area is 126 Å². The number of nitrogens with one attached hydrogen (secondary N) is 1. The summed E-state index contributed by atoms with van der Waals surface area (Å²) in [6.45, 7) is 0.562. The predicted molar refractivity (Wildman–Crippen MR) is 79.1 cm³/mol. The summed E-state index contributed by atoms with van der Waals surface area (Å²) in [4.78, 5) is 26.2. The lowest BCUT2D eigenvalue weighted by atomic mass is 9.74. The van der Waals surface area contributed by atoms with Crippen molar-refractivity contribution < 1.29 is 14.0 Å². The van der Waals surface area contributed by atoms with Gasteiger partial charge in [-0.1, -0.05) is 30.3 Å². The number of anilines is 1. The topological polar surface area (TPSA) is 49.4 Å². The zero-order chi connectivity index (χ0) is 15.3. The number of hydrogen-bond donors (Lipinski definition) is 1. The van der Waals surface area contributed by atoms with Crippen LogP contribution in [0.4, 0.5) is 10.1 Å². The normalized spacial score (nSPS) is 17.9. The molecule has 2 heterocycles. The summed E-state index contributed by atoms with van der Waals surface area (Å²) in [6, 6.07) is 13.4. The van der Waals surface area contributed by atoms with Gasteiger partial charge in [0.1, 0.15) is 11.2 Å². The maximum atomic E-state index is 13.7. The molecule has 2 aliphatic rings. The molecule has 0 unspecified atom stereocenters. The fourth-order valence-electron chi connectivity index (χ4n) is 3.24. The number of rotatable bonds is 1. The number of benzene rings is 2. The first kappa shape index (κ1) is 13.0. The summed E-state index contributed by atoms with van der Waals surface area (Å²) in [7, 11) is 0. The molecule has 0 atom stereocenters. The largest absolute Gasteiger partial charge is 0.336 e. The summed E-state index contributed by atoms with van der Waals surface area (Å²) in [5.74, 6) is -1.00. The summed E-state index contributed by atoms with van der Waals surface area (Å²) in [5, 5.41) is 2.85. The zero-order valence-electron chi connectivity index (χ0n) is 11.7. The molecule has 1 fully saturated rings. The molecule has 1 spiro atoms. The quantitative estimate of drug-likeness (QED) is 0.877. The van der Waals surface area contributed by atoms with Gasteiger partial charge in [0, 0.05) is 18.8 Å². The van der Waals surface area contributed by atoms with E-state index in [-0.39, 0.29) is 30.5 Å². The van der Waals surface area contributed by atoms with Crippen LogP contribution in [0.2, 0.25) is 0 Å². The SMILES string of the molecule is O=C(c1ccccc1F)N1CC2(C1)C(=O)Nc1ccccc12. The molecule has 0 radical (unpaired) electrons. The molecule has 1 saturated heterocycles. The Bertz CT molecular complexity index is 797. The number of hydrogen-bond acceptors (Lipinski definition) is 2. The van der Waals surface area contributed by atoms with Crippen molar-refractivity contribution in [2.24, 2.45) is 0 Å². The molecule has 2 amide bonds. The summed E-state index contributed by atoms with van der Waals surface area (Å²) < 4.78 is 13.7. The van der Waals surface area contributed by atoms with Crippen molar-refractivity contribution in [3.63, 3.8) is 0 Å². The van der Waals surface area contributed by atoms with Gasteiger partial charge in [0.15, 0.2) is 0 Å². The van der Waals surface area contributed by atoms with Crippen LogP contribution in [0.25, 0.3) is 0 Å². The highest BCUT2D eigenvalue weighted by molar-refractivity contribution is 6.09. The number of fused-ring (bicyclic) bond motifs is 2. The number of nitrogens with zero attached hydrogens (tertiary/aromatic N) is 1. The van der Waals surface area contributed by atoms with Crippen molar-refractivity contribution in [3.05, 3.63) is 65.5 Å². The highest BCUT2D eigenvalue weighted by Gasteiger charge is 2.56. The Kier molecular flexibility index (Phi) is 2.60. The smallest absolute Gasteiger partial charge is 0.256 e. The third kappa shape index (κ3) is 1.62. The van der Waals surface area contributed by atoms with Crippen LogP contribution in [-0.2, 0) is 10.2 Å². The van der Waals surface area contributed by atoms with Gasteiger partial charge in [0.25, 0.3) is 5.91 Å². The van der Waals surface area contributed by atoms with Crippen molar-refractivity contribution in [3.8, 4) is 0 Å². The molecule has 2 aromatic rings. The Morgan fingerprint density at radius 3 is 2.55 bits per heavy atom. The number of carbonyl (C=O) groups excluding carboxylic acids is 2. The Balaban J connectivity index is 1.61. The second-order valence-corrected chi connectivity index (χ2v) is 5.72. The van der Waals surface area contributed by atoms with Crippen LogP contribution < -0.4 is 5.32 Å². The van der Waals surface area contributed by atoms with Crippen molar-refractivity contribution >= 4 is 17.5 Å². The van der Waals surface area contributed by atoms with E-state index in [0.29, 0.717) is 0 Å². The first-order chi connectivity index (χ1) is 10.6. The number of halogens is 1. The van der Waals surface area contributed by atoms with Gasteiger partial charge < -0.3 is 10.2 Å². The summed E-state index contributed by atoms with van der Waals surface area (Å²) >= 11 is 0. The molecule has 110 valence electrons. The predicted octanol–water partition coefficient (Wildman–Crippen LogP) is 2.17. The van der Waals surface area contributed by atoms with Gasteiger partial charge >= 0.3 is 0 Å². The van der Waals surface area contributed by atoms with E-state index in [1.165, 1.54) is 17.0 Å².